The first-order chi connectivity index (χ1) is 16.3. The Balaban J connectivity index is 1.39. The van der Waals surface area contributed by atoms with E-state index in [2.05, 4.69) is 45.9 Å². The lowest BCUT2D eigenvalue weighted by Crippen LogP contribution is -2.10. The van der Waals surface area contributed by atoms with Gasteiger partial charge in [-0.05, 0) is 40.5 Å². The Morgan fingerprint density at radius 3 is 2.03 bits per heavy atom. The van der Waals surface area contributed by atoms with Crippen LogP contribution in [0.5, 0.6) is 5.75 Å². The summed E-state index contributed by atoms with van der Waals surface area (Å²) in [6.07, 6.45) is 5.59. The number of halogens is 1. The number of hydrogen-bond donors (Lipinski definition) is 0. The number of ether oxygens (including phenoxy) is 1. The standard InChI is InChI=1S/C29H23FN2O/c30-28-9-5-4-8-26(28)20-33-27-16-14-25(15-17-27)29(32-19-18-31-21-32)24-12-10-23(11-13-24)22-6-2-1-3-7-22/h1-19,21,29H,20H2. The lowest BCUT2D eigenvalue weighted by molar-refractivity contribution is 0.299. The Bertz CT molecular complexity index is 1300. The van der Waals surface area contributed by atoms with Crippen molar-refractivity contribution >= 4 is 0 Å². The first kappa shape index (κ1) is 20.7. The summed E-state index contributed by atoms with van der Waals surface area (Å²) in [6, 6.07) is 33.6. The fourth-order valence-corrected chi connectivity index (χ4v) is 3.97. The molecule has 4 aromatic carbocycles. The van der Waals surface area contributed by atoms with Gasteiger partial charge in [-0.2, -0.15) is 0 Å². The third-order valence-electron chi connectivity index (χ3n) is 5.70. The van der Waals surface area contributed by atoms with E-state index in [0.717, 1.165) is 11.1 Å². The average Bonchev–Trinajstić information content (AvgIpc) is 3.40. The van der Waals surface area contributed by atoms with Crippen LogP contribution in [0.25, 0.3) is 11.1 Å². The van der Waals surface area contributed by atoms with Crippen molar-refractivity contribution in [2.24, 2.45) is 0 Å². The van der Waals surface area contributed by atoms with Crippen LogP contribution in [0.4, 0.5) is 4.39 Å². The van der Waals surface area contributed by atoms with Crippen molar-refractivity contribution < 1.29 is 9.13 Å². The summed E-state index contributed by atoms with van der Waals surface area (Å²) in [4.78, 5) is 4.25. The average molecular weight is 435 g/mol. The molecule has 0 aliphatic carbocycles. The van der Waals surface area contributed by atoms with Crippen molar-refractivity contribution in [1.82, 2.24) is 9.55 Å². The van der Waals surface area contributed by atoms with Crippen LogP contribution in [-0.2, 0) is 6.61 Å². The number of rotatable bonds is 7. The summed E-state index contributed by atoms with van der Waals surface area (Å²) in [6.45, 7) is 0.192. The smallest absolute Gasteiger partial charge is 0.129 e. The van der Waals surface area contributed by atoms with Crippen LogP contribution in [0.1, 0.15) is 22.7 Å². The van der Waals surface area contributed by atoms with E-state index in [4.69, 9.17) is 4.74 Å². The molecule has 1 atom stereocenters. The molecule has 0 saturated carbocycles. The largest absolute Gasteiger partial charge is 0.489 e. The summed E-state index contributed by atoms with van der Waals surface area (Å²) in [5.41, 5.74) is 5.18. The molecule has 0 amide bonds. The van der Waals surface area contributed by atoms with Crippen LogP contribution in [0.2, 0.25) is 0 Å². The highest BCUT2D eigenvalue weighted by Gasteiger charge is 2.16. The highest BCUT2D eigenvalue weighted by atomic mass is 19.1. The normalized spacial score (nSPS) is 11.8. The topological polar surface area (TPSA) is 27.1 Å². The monoisotopic (exact) mass is 434 g/mol. The predicted octanol–water partition coefficient (Wildman–Crippen LogP) is 6.91. The van der Waals surface area contributed by atoms with Gasteiger partial charge >= 0.3 is 0 Å². The van der Waals surface area contributed by atoms with Gasteiger partial charge in [-0.1, -0.05) is 84.9 Å². The molecule has 4 heteroatoms. The number of imidazole rings is 1. The minimum atomic E-state index is -0.256. The van der Waals surface area contributed by atoms with E-state index in [0.29, 0.717) is 11.3 Å². The van der Waals surface area contributed by atoms with E-state index in [-0.39, 0.29) is 18.5 Å². The van der Waals surface area contributed by atoms with Crippen LogP contribution in [0.15, 0.2) is 122 Å². The number of benzene rings is 4. The highest BCUT2D eigenvalue weighted by molar-refractivity contribution is 5.63. The fraction of sp³-hybridized carbons (Fsp3) is 0.0690. The molecule has 5 rings (SSSR count). The van der Waals surface area contributed by atoms with Gasteiger partial charge in [0.05, 0.1) is 12.4 Å². The predicted molar refractivity (Wildman–Crippen MR) is 129 cm³/mol. The lowest BCUT2D eigenvalue weighted by atomic mass is 9.96. The Labute approximate surface area is 192 Å². The van der Waals surface area contributed by atoms with E-state index in [1.54, 1.807) is 18.3 Å². The van der Waals surface area contributed by atoms with Crippen molar-refractivity contribution in [2.45, 2.75) is 12.6 Å². The van der Waals surface area contributed by atoms with Crippen LogP contribution in [-0.4, -0.2) is 9.55 Å². The van der Waals surface area contributed by atoms with E-state index in [9.17, 15) is 4.39 Å². The fourth-order valence-electron chi connectivity index (χ4n) is 3.97. The van der Waals surface area contributed by atoms with Gasteiger partial charge in [0.2, 0.25) is 0 Å². The summed E-state index contributed by atoms with van der Waals surface area (Å²) < 4.78 is 21.8. The van der Waals surface area contributed by atoms with Crippen LogP contribution >= 0.6 is 0 Å². The Hall–Kier alpha value is -4.18. The van der Waals surface area contributed by atoms with Gasteiger partial charge < -0.3 is 9.30 Å². The molecule has 0 bridgehead atoms. The molecule has 33 heavy (non-hydrogen) atoms. The summed E-state index contributed by atoms with van der Waals surface area (Å²) in [5, 5.41) is 0. The van der Waals surface area contributed by atoms with Gasteiger partial charge in [0.1, 0.15) is 18.2 Å². The maximum Gasteiger partial charge on any atom is 0.129 e. The van der Waals surface area contributed by atoms with Gasteiger partial charge in [-0.25, -0.2) is 9.37 Å². The zero-order chi connectivity index (χ0) is 22.5. The van der Waals surface area contributed by atoms with Crippen molar-refractivity contribution in [3.05, 3.63) is 144 Å². The molecular formula is C29H23FN2O. The molecule has 0 N–H and O–H groups in total. The quantitative estimate of drug-likeness (QED) is 0.278. The third-order valence-corrected chi connectivity index (χ3v) is 5.70. The van der Waals surface area contributed by atoms with E-state index < -0.39 is 0 Å². The molecule has 3 nitrogen and oxygen atoms in total. The van der Waals surface area contributed by atoms with E-state index >= 15 is 0 Å². The highest BCUT2D eigenvalue weighted by Crippen LogP contribution is 2.30. The molecule has 0 saturated heterocycles. The van der Waals surface area contributed by atoms with Crippen molar-refractivity contribution in [3.63, 3.8) is 0 Å². The van der Waals surface area contributed by atoms with Gasteiger partial charge in [0.15, 0.2) is 0 Å². The van der Waals surface area contributed by atoms with Crippen molar-refractivity contribution in [3.8, 4) is 16.9 Å². The molecule has 0 fully saturated rings. The van der Waals surface area contributed by atoms with Crippen LogP contribution in [0.3, 0.4) is 0 Å². The Morgan fingerprint density at radius 1 is 0.727 bits per heavy atom. The van der Waals surface area contributed by atoms with Gasteiger partial charge in [0.25, 0.3) is 0 Å². The van der Waals surface area contributed by atoms with Gasteiger partial charge in [-0.15, -0.1) is 0 Å². The second-order valence-corrected chi connectivity index (χ2v) is 7.85. The molecule has 1 aromatic heterocycles. The molecule has 1 heterocycles. The zero-order valence-corrected chi connectivity index (χ0v) is 18.0. The summed E-state index contributed by atoms with van der Waals surface area (Å²) >= 11 is 0. The summed E-state index contributed by atoms with van der Waals surface area (Å²) in [5.74, 6) is 0.444. The SMILES string of the molecule is Fc1ccccc1COc1ccc(C(c2ccc(-c3ccccc3)cc2)n2ccnc2)cc1. The first-order valence-corrected chi connectivity index (χ1v) is 10.9. The van der Waals surface area contributed by atoms with Gasteiger partial charge in [-0.3, -0.25) is 0 Å². The third kappa shape index (κ3) is 4.70. The zero-order valence-electron chi connectivity index (χ0n) is 18.0. The van der Waals surface area contributed by atoms with Crippen molar-refractivity contribution in [2.75, 3.05) is 0 Å². The number of aromatic nitrogens is 2. The second kappa shape index (κ2) is 9.53. The minimum Gasteiger partial charge on any atom is -0.489 e. The van der Waals surface area contributed by atoms with E-state index in [1.165, 1.54) is 17.2 Å². The molecule has 0 aliphatic heterocycles. The molecule has 5 aromatic rings. The molecule has 0 spiro atoms. The lowest BCUT2D eigenvalue weighted by Gasteiger charge is -2.20. The minimum absolute atomic E-state index is 0.0158. The molecule has 162 valence electrons. The van der Waals surface area contributed by atoms with Crippen LogP contribution < -0.4 is 4.74 Å². The maximum atomic E-state index is 13.9. The van der Waals surface area contributed by atoms with Crippen LogP contribution in [0, 0.1) is 5.82 Å². The Kier molecular flexibility index (Phi) is 5.98. The molecule has 1 unspecified atom stereocenters. The molecular weight excluding hydrogens is 411 g/mol. The summed E-state index contributed by atoms with van der Waals surface area (Å²) in [7, 11) is 0. The van der Waals surface area contributed by atoms with E-state index in [1.807, 2.05) is 61.1 Å². The number of nitrogens with zero attached hydrogens (tertiary/aromatic N) is 2. The van der Waals surface area contributed by atoms with Gasteiger partial charge in [0, 0.05) is 18.0 Å². The maximum absolute atomic E-state index is 13.9. The molecule has 0 radical (unpaired) electrons. The number of hydrogen-bond acceptors (Lipinski definition) is 2. The second-order valence-electron chi connectivity index (χ2n) is 7.85. The first-order valence-electron chi connectivity index (χ1n) is 10.9. The Morgan fingerprint density at radius 2 is 1.36 bits per heavy atom. The van der Waals surface area contributed by atoms with Crippen molar-refractivity contribution in [1.29, 1.82) is 0 Å². The molecule has 0 aliphatic rings.